The Kier molecular flexibility index (Phi) is 5.03. The summed E-state index contributed by atoms with van der Waals surface area (Å²) in [6, 6.07) is 5.05. The smallest absolute Gasteiger partial charge is 0.407 e. The molecule has 1 aromatic heterocycles. The van der Waals surface area contributed by atoms with Crippen LogP contribution in [0.1, 0.15) is 32.0 Å². The summed E-state index contributed by atoms with van der Waals surface area (Å²) in [7, 11) is 0. The first kappa shape index (κ1) is 17.0. The van der Waals surface area contributed by atoms with Gasteiger partial charge in [-0.1, -0.05) is 6.07 Å². The Labute approximate surface area is 135 Å². The van der Waals surface area contributed by atoms with Gasteiger partial charge in [0.2, 0.25) is 0 Å². The Morgan fingerprint density at radius 1 is 1.39 bits per heavy atom. The van der Waals surface area contributed by atoms with Gasteiger partial charge in [-0.25, -0.2) is 14.2 Å². The van der Waals surface area contributed by atoms with Crippen LogP contribution in [0.25, 0.3) is 5.69 Å². The fourth-order valence-electron chi connectivity index (χ4n) is 2.14. The van der Waals surface area contributed by atoms with E-state index in [1.54, 1.807) is 23.2 Å². The highest BCUT2D eigenvalue weighted by molar-refractivity contribution is 5.67. The van der Waals surface area contributed by atoms with Crippen molar-refractivity contribution in [2.24, 2.45) is 0 Å². The summed E-state index contributed by atoms with van der Waals surface area (Å²) in [5.74, 6) is -0.302. The Morgan fingerprint density at radius 3 is 2.78 bits per heavy atom. The molecular weight excluding hydrogens is 297 g/mol. The zero-order valence-electron chi connectivity index (χ0n) is 13.9. The van der Waals surface area contributed by atoms with Gasteiger partial charge in [-0.05, 0) is 45.4 Å². The monoisotopic (exact) mass is 319 g/mol. The zero-order valence-corrected chi connectivity index (χ0v) is 13.9. The number of carbonyl (C=O) groups excluding carboxylic acids is 1. The standard InChI is InChI=1S/C17H22FN3O2/c1-12-5-6-15(14(18)9-12)21-11-19-10-13(21)7-8-20-16(22)23-17(2,3)4/h5-6,9-11H,7-8H2,1-4H3,(H,20,22). The molecule has 0 spiro atoms. The predicted octanol–water partition coefficient (Wildman–Crippen LogP) is 3.39. The van der Waals surface area contributed by atoms with Crippen LogP contribution < -0.4 is 5.32 Å². The van der Waals surface area contributed by atoms with Crippen molar-refractivity contribution in [2.45, 2.75) is 39.7 Å². The number of alkyl carbamates (subject to hydrolysis) is 1. The largest absolute Gasteiger partial charge is 0.444 e. The van der Waals surface area contributed by atoms with Crippen LogP contribution in [0.15, 0.2) is 30.7 Å². The quantitative estimate of drug-likeness (QED) is 0.940. The van der Waals surface area contributed by atoms with Crippen molar-refractivity contribution < 1.29 is 13.9 Å². The van der Waals surface area contributed by atoms with Crippen LogP contribution in [-0.4, -0.2) is 27.8 Å². The van der Waals surface area contributed by atoms with Gasteiger partial charge in [0.05, 0.1) is 12.0 Å². The predicted molar refractivity (Wildman–Crippen MR) is 86.2 cm³/mol. The minimum atomic E-state index is -0.531. The highest BCUT2D eigenvalue weighted by Crippen LogP contribution is 2.17. The van der Waals surface area contributed by atoms with E-state index in [1.165, 1.54) is 6.07 Å². The number of imidazole rings is 1. The molecule has 1 heterocycles. The lowest BCUT2D eigenvalue weighted by Crippen LogP contribution is -2.33. The Bertz CT molecular complexity index is 689. The highest BCUT2D eigenvalue weighted by atomic mass is 19.1. The molecule has 5 nitrogen and oxygen atoms in total. The molecule has 0 aliphatic carbocycles. The van der Waals surface area contributed by atoms with Gasteiger partial charge in [-0.15, -0.1) is 0 Å². The number of halogens is 1. The summed E-state index contributed by atoms with van der Waals surface area (Å²) in [5, 5.41) is 2.68. The van der Waals surface area contributed by atoms with Gasteiger partial charge in [0.1, 0.15) is 11.4 Å². The molecule has 2 rings (SSSR count). The molecule has 1 aromatic carbocycles. The van der Waals surface area contributed by atoms with Crippen molar-refractivity contribution >= 4 is 6.09 Å². The molecule has 6 heteroatoms. The average molecular weight is 319 g/mol. The van der Waals surface area contributed by atoms with Crippen molar-refractivity contribution in [1.29, 1.82) is 0 Å². The molecule has 2 aromatic rings. The van der Waals surface area contributed by atoms with Crippen molar-refractivity contribution in [2.75, 3.05) is 6.54 Å². The van der Waals surface area contributed by atoms with E-state index in [0.717, 1.165) is 11.3 Å². The molecule has 0 aliphatic heterocycles. The number of nitrogens with zero attached hydrogens (tertiary/aromatic N) is 2. The lowest BCUT2D eigenvalue weighted by Gasteiger charge is -2.19. The first-order valence-corrected chi connectivity index (χ1v) is 7.51. The average Bonchev–Trinajstić information content (AvgIpc) is 2.85. The van der Waals surface area contributed by atoms with Crippen LogP contribution in [-0.2, 0) is 11.2 Å². The van der Waals surface area contributed by atoms with Crippen molar-refractivity contribution in [3.8, 4) is 5.69 Å². The first-order chi connectivity index (χ1) is 10.8. The second-order valence-corrected chi connectivity index (χ2v) is 6.39. The molecule has 0 unspecified atom stereocenters. The number of nitrogens with one attached hydrogen (secondary N) is 1. The second-order valence-electron chi connectivity index (χ2n) is 6.39. The van der Waals surface area contributed by atoms with Crippen LogP contribution in [0, 0.1) is 12.7 Å². The van der Waals surface area contributed by atoms with Crippen LogP contribution in [0.4, 0.5) is 9.18 Å². The zero-order chi connectivity index (χ0) is 17.0. The first-order valence-electron chi connectivity index (χ1n) is 7.51. The number of carbonyl (C=O) groups is 1. The third-order valence-corrected chi connectivity index (χ3v) is 3.13. The summed E-state index contributed by atoms with van der Waals surface area (Å²) in [4.78, 5) is 15.7. The number of ether oxygens (including phenoxy) is 1. The van der Waals surface area contributed by atoms with E-state index in [9.17, 15) is 9.18 Å². The molecular formula is C17H22FN3O2. The molecule has 0 atom stereocenters. The van der Waals surface area contributed by atoms with E-state index in [4.69, 9.17) is 4.74 Å². The number of rotatable bonds is 4. The minimum Gasteiger partial charge on any atom is -0.444 e. The Morgan fingerprint density at radius 2 is 2.13 bits per heavy atom. The number of hydrogen-bond acceptors (Lipinski definition) is 3. The van der Waals surface area contributed by atoms with E-state index < -0.39 is 11.7 Å². The fourth-order valence-corrected chi connectivity index (χ4v) is 2.14. The summed E-state index contributed by atoms with van der Waals surface area (Å²) in [6.07, 6.45) is 3.28. The van der Waals surface area contributed by atoms with Gasteiger partial charge < -0.3 is 14.6 Å². The van der Waals surface area contributed by atoms with E-state index in [0.29, 0.717) is 18.7 Å². The van der Waals surface area contributed by atoms with Crippen molar-refractivity contribution in [3.05, 3.63) is 47.8 Å². The fraction of sp³-hybridized carbons (Fsp3) is 0.412. The van der Waals surface area contributed by atoms with E-state index in [2.05, 4.69) is 10.3 Å². The normalized spacial score (nSPS) is 11.3. The maximum Gasteiger partial charge on any atom is 0.407 e. The summed E-state index contributed by atoms with van der Waals surface area (Å²) < 4.78 is 20.9. The maximum absolute atomic E-state index is 14.1. The molecule has 0 saturated carbocycles. The molecule has 1 N–H and O–H groups in total. The van der Waals surface area contributed by atoms with Crippen molar-refractivity contribution in [1.82, 2.24) is 14.9 Å². The van der Waals surface area contributed by atoms with Crippen LogP contribution >= 0.6 is 0 Å². The number of hydrogen-bond donors (Lipinski definition) is 1. The highest BCUT2D eigenvalue weighted by Gasteiger charge is 2.16. The molecule has 0 radical (unpaired) electrons. The Balaban J connectivity index is 2.01. The van der Waals surface area contributed by atoms with Gasteiger partial charge in [0, 0.05) is 24.9 Å². The number of aromatic nitrogens is 2. The minimum absolute atomic E-state index is 0.302. The molecule has 23 heavy (non-hydrogen) atoms. The van der Waals surface area contributed by atoms with E-state index in [-0.39, 0.29) is 5.82 Å². The Hall–Kier alpha value is -2.37. The maximum atomic E-state index is 14.1. The third kappa shape index (κ3) is 4.81. The summed E-state index contributed by atoms with van der Waals surface area (Å²) in [5.41, 5.74) is 1.58. The topological polar surface area (TPSA) is 56.2 Å². The molecule has 1 amide bonds. The number of aryl methyl sites for hydroxylation is 1. The number of amides is 1. The van der Waals surface area contributed by atoms with E-state index in [1.807, 2.05) is 33.8 Å². The van der Waals surface area contributed by atoms with Crippen LogP contribution in [0.3, 0.4) is 0 Å². The van der Waals surface area contributed by atoms with Crippen LogP contribution in [0.2, 0.25) is 0 Å². The molecule has 0 saturated heterocycles. The lowest BCUT2D eigenvalue weighted by molar-refractivity contribution is 0.0528. The summed E-state index contributed by atoms with van der Waals surface area (Å²) >= 11 is 0. The van der Waals surface area contributed by atoms with Gasteiger partial charge in [-0.3, -0.25) is 0 Å². The summed E-state index contributed by atoms with van der Waals surface area (Å²) in [6.45, 7) is 7.64. The third-order valence-electron chi connectivity index (χ3n) is 3.13. The van der Waals surface area contributed by atoms with Crippen LogP contribution in [0.5, 0.6) is 0 Å². The van der Waals surface area contributed by atoms with Gasteiger partial charge in [0.15, 0.2) is 0 Å². The SMILES string of the molecule is Cc1ccc(-n2cncc2CCNC(=O)OC(C)(C)C)c(F)c1. The second kappa shape index (κ2) is 6.81. The number of benzene rings is 1. The van der Waals surface area contributed by atoms with E-state index >= 15 is 0 Å². The van der Waals surface area contributed by atoms with Gasteiger partial charge in [-0.2, -0.15) is 0 Å². The molecule has 124 valence electrons. The van der Waals surface area contributed by atoms with Gasteiger partial charge in [0.25, 0.3) is 0 Å². The van der Waals surface area contributed by atoms with Crippen molar-refractivity contribution in [3.63, 3.8) is 0 Å². The molecule has 0 aliphatic rings. The molecule has 0 bridgehead atoms. The lowest BCUT2D eigenvalue weighted by atomic mass is 10.2. The van der Waals surface area contributed by atoms with Gasteiger partial charge >= 0.3 is 6.09 Å². The molecule has 0 fully saturated rings.